The fourth-order valence-corrected chi connectivity index (χ4v) is 2.90. The average Bonchev–Trinajstić information content (AvgIpc) is 2.50. The highest BCUT2D eigenvalue weighted by molar-refractivity contribution is 7.90. The zero-order chi connectivity index (χ0) is 12.6. The van der Waals surface area contributed by atoms with E-state index in [-0.39, 0.29) is 10.9 Å². The van der Waals surface area contributed by atoms with Gasteiger partial charge in [-0.1, -0.05) is 6.07 Å². The van der Waals surface area contributed by atoms with E-state index < -0.39 is 10.0 Å². The second kappa shape index (κ2) is 4.03. The van der Waals surface area contributed by atoms with Crippen LogP contribution in [0.3, 0.4) is 0 Å². The molecular formula is C11H14N2O3S. The SMILES string of the molecule is COc1cccc2c1C(NC(C)C)=NS2(=O)=O. The lowest BCUT2D eigenvalue weighted by atomic mass is 10.1. The third-order valence-electron chi connectivity index (χ3n) is 2.36. The molecule has 1 aromatic rings. The van der Waals surface area contributed by atoms with Crippen LogP contribution in [0.15, 0.2) is 27.5 Å². The van der Waals surface area contributed by atoms with Crippen molar-refractivity contribution in [2.24, 2.45) is 4.40 Å². The molecule has 6 heteroatoms. The van der Waals surface area contributed by atoms with Gasteiger partial charge >= 0.3 is 0 Å². The van der Waals surface area contributed by atoms with Crippen molar-refractivity contribution in [2.75, 3.05) is 7.11 Å². The van der Waals surface area contributed by atoms with Crippen molar-refractivity contribution in [1.82, 2.24) is 5.32 Å². The summed E-state index contributed by atoms with van der Waals surface area (Å²) in [4.78, 5) is 0.194. The van der Waals surface area contributed by atoms with Gasteiger partial charge in [-0.2, -0.15) is 8.42 Å². The van der Waals surface area contributed by atoms with Crippen LogP contribution in [0.4, 0.5) is 0 Å². The van der Waals surface area contributed by atoms with Crippen LogP contribution in [-0.4, -0.2) is 27.4 Å². The van der Waals surface area contributed by atoms with E-state index in [0.29, 0.717) is 17.1 Å². The number of hydrogen-bond donors (Lipinski definition) is 1. The van der Waals surface area contributed by atoms with Crippen molar-refractivity contribution in [3.05, 3.63) is 23.8 Å². The summed E-state index contributed by atoms with van der Waals surface area (Å²) in [7, 11) is -2.08. The Hall–Kier alpha value is -1.56. The smallest absolute Gasteiger partial charge is 0.285 e. The van der Waals surface area contributed by atoms with Gasteiger partial charge in [0.25, 0.3) is 10.0 Å². The summed E-state index contributed by atoms with van der Waals surface area (Å²) in [5.74, 6) is 0.864. The van der Waals surface area contributed by atoms with Crippen molar-refractivity contribution < 1.29 is 13.2 Å². The van der Waals surface area contributed by atoms with Gasteiger partial charge in [-0.25, -0.2) is 0 Å². The predicted molar refractivity (Wildman–Crippen MR) is 65.0 cm³/mol. The molecule has 1 N–H and O–H groups in total. The molecule has 0 unspecified atom stereocenters. The maximum atomic E-state index is 11.8. The second-order valence-electron chi connectivity index (χ2n) is 4.05. The number of nitrogens with one attached hydrogen (secondary N) is 1. The van der Waals surface area contributed by atoms with E-state index in [0.717, 1.165) is 0 Å². The molecule has 2 rings (SSSR count). The Balaban J connectivity index is 2.63. The van der Waals surface area contributed by atoms with Crippen LogP contribution in [0.5, 0.6) is 5.75 Å². The fourth-order valence-electron chi connectivity index (χ4n) is 1.72. The van der Waals surface area contributed by atoms with E-state index in [1.165, 1.54) is 13.2 Å². The van der Waals surface area contributed by atoms with Crippen LogP contribution in [0.25, 0.3) is 0 Å². The lowest BCUT2D eigenvalue weighted by Gasteiger charge is -2.12. The molecule has 1 heterocycles. The van der Waals surface area contributed by atoms with Gasteiger partial charge < -0.3 is 10.1 Å². The third kappa shape index (κ3) is 2.00. The Morgan fingerprint density at radius 3 is 2.65 bits per heavy atom. The quantitative estimate of drug-likeness (QED) is 0.859. The van der Waals surface area contributed by atoms with Crippen molar-refractivity contribution in [3.63, 3.8) is 0 Å². The Labute approximate surface area is 101 Å². The van der Waals surface area contributed by atoms with Crippen LogP contribution in [0.2, 0.25) is 0 Å². The minimum Gasteiger partial charge on any atom is -0.496 e. The maximum absolute atomic E-state index is 11.8. The minimum absolute atomic E-state index is 0.0970. The van der Waals surface area contributed by atoms with Gasteiger partial charge in [0.2, 0.25) is 0 Å². The highest BCUT2D eigenvalue weighted by Crippen LogP contribution is 2.32. The molecule has 0 spiro atoms. The molecule has 1 aromatic carbocycles. The minimum atomic E-state index is -3.59. The van der Waals surface area contributed by atoms with Crippen LogP contribution in [0, 0.1) is 0 Å². The molecule has 92 valence electrons. The predicted octanol–water partition coefficient (Wildman–Crippen LogP) is 1.14. The molecule has 17 heavy (non-hydrogen) atoms. The van der Waals surface area contributed by atoms with E-state index in [9.17, 15) is 8.42 Å². The molecule has 0 radical (unpaired) electrons. The highest BCUT2D eigenvalue weighted by Gasteiger charge is 2.31. The van der Waals surface area contributed by atoms with E-state index in [1.54, 1.807) is 12.1 Å². The number of rotatable bonds is 2. The van der Waals surface area contributed by atoms with Gasteiger partial charge in [0.1, 0.15) is 10.6 Å². The summed E-state index contributed by atoms with van der Waals surface area (Å²) in [5, 5.41) is 3.02. The molecule has 0 saturated carbocycles. The summed E-state index contributed by atoms with van der Waals surface area (Å²) >= 11 is 0. The Kier molecular flexibility index (Phi) is 2.82. The lowest BCUT2D eigenvalue weighted by Crippen LogP contribution is -2.30. The normalized spacial score (nSPS) is 16.6. The molecule has 1 aliphatic rings. The summed E-state index contributed by atoms with van der Waals surface area (Å²) < 4.78 is 32.6. The molecular weight excluding hydrogens is 240 g/mol. The van der Waals surface area contributed by atoms with Crippen molar-refractivity contribution in [1.29, 1.82) is 0 Å². The van der Waals surface area contributed by atoms with E-state index in [2.05, 4.69) is 9.71 Å². The largest absolute Gasteiger partial charge is 0.496 e. The molecule has 0 aromatic heterocycles. The van der Waals surface area contributed by atoms with Gasteiger partial charge in [-0.3, -0.25) is 0 Å². The third-order valence-corrected chi connectivity index (χ3v) is 3.68. The summed E-state index contributed by atoms with van der Waals surface area (Å²) in [5.41, 5.74) is 0.517. The molecule has 1 aliphatic heterocycles. The first-order valence-electron chi connectivity index (χ1n) is 5.24. The van der Waals surface area contributed by atoms with E-state index in [1.807, 2.05) is 13.8 Å². The molecule has 0 fully saturated rings. The van der Waals surface area contributed by atoms with E-state index >= 15 is 0 Å². The molecule has 0 amide bonds. The number of hydrogen-bond acceptors (Lipinski definition) is 4. The maximum Gasteiger partial charge on any atom is 0.285 e. The molecule has 0 aliphatic carbocycles. The van der Waals surface area contributed by atoms with Gasteiger partial charge in [0.15, 0.2) is 5.84 Å². The standard InChI is InChI=1S/C11H14N2O3S/c1-7(2)12-11-10-8(16-3)5-4-6-9(10)17(14,15)13-11/h4-7H,1-3H3,(H,12,13). The Morgan fingerprint density at radius 2 is 2.06 bits per heavy atom. The zero-order valence-electron chi connectivity index (χ0n) is 9.89. The number of ether oxygens (including phenoxy) is 1. The van der Waals surface area contributed by atoms with Gasteiger partial charge in [-0.05, 0) is 26.0 Å². The molecule has 0 atom stereocenters. The van der Waals surface area contributed by atoms with Crippen molar-refractivity contribution >= 4 is 15.9 Å². The van der Waals surface area contributed by atoms with Crippen LogP contribution in [-0.2, 0) is 10.0 Å². The van der Waals surface area contributed by atoms with Crippen molar-refractivity contribution in [2.45, 2.75) is 24.8 Å². The second-order valence-corrected chi connectivity index (χ2v) is 5.62. The zero-order valence-corrected chi connectivity index (χ0v) is 10.7. The highest BCUT2D eigenvalue weighted by atomic mass is 32.2. The van der Waals surface area contributed by atoms with Gasteiger partial charge in [0.05, 0.1) is 12.7 Å². The first kappa shape index (κ1) is 11.9. The first-order valence-corrected chi connectivity index (χ1v) is 6.68. The number of benzene rings is 1. The summed E-state index contributed by atoms with van der Waals surface area (Å²) in [6.07, 6.45) is 0. The average molecular weight is 254 g/mol. The number of nitrogens with zero attached hydrogens (tertiary/aromatic N) is 1. The molecule has 5 nitrogen and oxygen atoms in total. The van der Waals surface area contributed by atoms with Crippen molar-refractivity contribution in [3.8, 4) is 5.75 Å². The molecule has 0 bridgehead atoms. The Bertz CT molecular complexity index is 576. The summed E-state index contributed by atoms with van der Waals surface area (Å²) in [6.45, 7) is 3.84. The van der Waals surface area contributed by atoms with E-state index in [4.69, 9.17) is 4.74 Å². The Morgan fingerprint density at radius 1 is 1.35 bits per heavy atom. The number of sulfonamides is 1. The monoisotopic (exact) mass is 254 g/mol. The first-order chi connectivity index (χ1) is 7.95. The number of amidine groups is 1. The number of fused-ring (bicyclic) bond motifs is 1. The van der Waals surface area contributed by atoms with Crippen LogP contribution in [0.1, 0.15) is 19.4 Å². The number of methoxy groups -OCH3 is 1. The lowest BCUT2D eigenvalue weighted by molar-refractivity contribution is 0.412. The van der Waals surface area contributed by atoms with Crippen LogP contribution >= 0.6 is 0 Å². The van der Waals surface area contributed by atoms with Crippen LogP contribution < -0.4 is 10.1 Å². The topological polar surface area (TPSA) is 67.8 Å². The molecule has 0 saturated heterocycles. The van der Waals surface area contributed by atoms with Gasteiger partial charge in [-0.15, -0.1) is 4.40 Å². The fraction of sp³-hybridized carbons (Fsp3) is 0.364. The van der Waals surface area contributed by atoms with Gasteiger partial charge in [0, 0.05) is 6.04 Å². The summed E-state index contributed by atoms with van der Waals surface area (Å²) in [6, 6.07) is 4.99.